The third-order valence-electron chi connectivity index (χ3n) is 3.84. The van der Waals surface area contributed by atoms with E-state index in [-0.39, 0.29) is 18.4 Å². The number of aromatic nitrogens is 1. The fourth-order valence-corrected chi connectivity index (χ4v) is 2.62. The van der Waals surface area contributed by atoms with Gasteiger partial charge in [-0.2, -0.15) is 0 Å². The lowest BCUT2D eigenvalue weighted by atomic mass is 10.1. The van der Waals surface area contributed by atoms with Gasteiger partial charge in [0.15, 0.2) is 5.76 Å². The first-order chi connectivity index (χ1) is 11.2. The Kier molecular flexibility index (Phi) is 4.62. The van der Waals surface area contributed by atoms with Crippen LogP contribution in [0.3, 0.4) is 0 Å². The van der Waals surface area contributed by atoms with E-state index in [1.165, 1.54) is 0 Å². The van der Waals surface area contributed by atoms with Gasteiger partial charge in [0.05, 0.1) is 31.9 Å². The predicted octanol–water partition coefficient (Wildman–Crippen LogP) is 2.14. The molecule has 6 nitrogen and oxygen atoms in total. The Morgan fingerprint density at radius 1 is 1.43 bits per heavy atom. The van der Waals surface area contributed by atoms with Gasteiger partial charge in [-0.15, -0.1) is 0 Å². The van der Waals surface area contributed by atoms with E-state index in [1.54, 1.807) is 13.2 Å². The highest BCUT2D eigenvalue weighted by Crippen LogP contribution is 2.24. The van der Waals surface area contributed by atoms with Crippen LogP contribution in [0.5, 0.6) is 5.75 Å². The van der Waals surface area contributed by atoms with Crippen LogP contribution < -0.4 is 4.74 Å². The van der Waals surface area contributed by atoms with Gasteiger partial charge in [0.2, 0.25) is 5.91 Å². The van der Waals surface area contributed by atoms with Crippen LogP contribution in [-0.2, 0) is 16.0 Å². The molecule has 1 atom stereocenters. The van der Waals surface area contributed by atoms with Crippen molar-refractivity contribution in [3.05, 3.63) is 36.0 Å². The molecule has 122 valence electrons. The lowest BCUT2D eigenvalue weighted by Gasteiger charge is -2.31. The molecule has 0 aliphatic carbocycles. The minimum absolute atomic E-state index is 0.0469. The van der Waals surface area contributed by atoms with Gasteiger partial charge in [-0.1, -0.05) is 17.3 Å². The molecule has 2 heterocycles. The standard InChI is InChI=1S/C17H20N2O4/c1-12-11-19(6-7-22-12)17(20)10-14-9-16(23-18-14)13-4-3-5-15(8-13)21-2/h3-5,8-9,12H,6-7,10-11H2,1-2H3. The largest absolute Gasteiger partial charge is 0.497 e. The van der Waals surface area contributed by atoms with Gasteiger partial charge in [0, 0.05) is 24.7 Å². The Hall–Kier alpha value is -2.34. The van der Waals surface area contributed by atoms with Crippen LogP contribution in [0.1, 0.15) is 12.6 Å². The zero-order valence-electron chi connectivity index (χ0n) is 13.3. The number of rotatable bonds is 4. The van der Waals surface area contributed by atoms with Crippen LogP contribution in [0.25, 0.3) is 11.3 Å². The molecule has 1 unspecified atom stereocenters. The Morgan fingerprint density at radius 3 is 3.09 bits per heavy atom. The van der Waals surface area contributed by atoms with Crippen molar-refractivity contribution in [1.29, 1.82) is 0 Å². The highest BCUT2D eigenvalue weighted by molar-refractivity contribution is 5.78. The first-order valence-electron chi connectivity index (χ1n) is 7.65. The van der Waals surface area contributed by atoms with Gasteiger partial charge >= 0.3 is 0 Å². The van der Waals surface area contributed by atoms with Crippen molar-refractivity contribution in [1.82, 2.24) is 10.1 Å². The van der Waals surface area contributed by atoms with Gasteiger partial charge in [-0.25, -0.2) is 0 Å². The van der Waals surface area contributed by atoms with E-state index < -0.39 is 0 Å². The Balaban J connectivity index is 1.68. The van der Waals surface area contributed by atoms with E-state index >= 15 is 0 Å². The molecule has 0 radical (unpaired) electrons. The van der Waals surface area contributed by atoms with Crippen LogP contribution in [0.2, 0.25) is 0 Å². The number of benzene rings is 1. The van der Waals surface area contributed by atoms with Crippen molar-refractivity contribution in [2.24, 2.45) is 0 Å². The summed E-state index contributed by atoms with van der Waals surface area (Å²) in [5, 5.41) is 4.01. The Morgan fingerprint density at radius 2 is 2.30 bits per heavy atom. The molecule has 0 saturated carbocycles. The second-order valence-corrected chi connectivity index (χ2v) is 5.61. The quantitative estimate of drug-likeness (QED) is 0.864. The molecular formula is C17H20N2O4. The van der Waals surface area contributed by atoms with Crippen LogP contribution in [-0.4, -0.2) is 48.9 Å². The Bertz CT molecular complexity index is 683. The van der Waals surface area contributed by atoms with Crippen molar-refractivity contribution in [2.75, 3.05) is 26.8 Å². The van der Waals surface area contributed by atoms with Crippen LogP contribution in [0.15, 0.2) is 34.9 Å². The minimum Gasteiger partial charge on any atom is -0.497 e. The van der Waals surface area contributed by atoms with E-state index in [2.05, 4.69) is 5.16 Å². The van der Waals surface area contributed by atoms with Crippen LogP contribution >= 0.6 is 0 Å². The summed E-state index contributed by atoms with van der Waals surface area (Å²) in [6, 6.07) is 9.34. The molecule has 1 aromatic heterocycles. The van der Waals surface area contributed by atoms with E-state index in [1.807, 2.05) is 36.1 Å². The van der Waals surface area contributed by atoms with E-state index in [9.17, 15) is 4.79 Å². The molecule has 0 N–H and O–H groups in total. The smallest absolute Gasteiger partial charge is 0.228 e. The molecule has 1 aliphatic rings. The summed E-state index contributed by atoms with van der Waals surface area (Å²) in [5.74, 6) is 1.42. The molecule has 6 heteroatoms. The van der Waals surface area contributed by atoms with Gasteiger partial charge in [-0.05, 0) is 19.1 Å². The highest BCUT2D eigenvalue weighted by Gasteiger charge is 2.22. The predicted molar refractivity (Wildman–Crippen MR) is 84.2 cm³/mol. The molecule has 0 bridgehead atoms. The third-order valence-corrected chi connectivity index (χ3v) is 3.84. The van der Waals surface area contributed by atoms with E-state index in [0.29, 0.717) is 31.2 Å². The number of ether oxygens (including phenoxy) is 2. The first kappa shape index (κ1) is 15.6. The second-order valence-electron chi connectivity index (χ2n) is 5.61. The monoisotopic (exact) mass is 316 g/mol. The SMILES string of the molecule is COc1cccc(-c2cc(CC(=O)N3CCOC(C)C3)no2)c1. The zero-order valence-corrected chi connectivity index (χ0v) is 13.3. The van der Waals surface area contributed by atoms with Crippen LogP contribution in [0, 0.1) is 0 Å². The molecule has 0 spiro atoms. The highest BCUT2D eigenvalue weighted by atomic mass is 16.5. The van der Waals surface area contributed by atoms with E-state index in [0.717, 1.165) is 11.3 Å². The number of morpholine rings is 1. The maximum atomic E-state index is 12.3. The van der Waals surface area contributed by atoms with Crippen LogP contribution in [0.4, 0.5) is 0 Å². The number of methoxy groups -OCH3 is 1. The average molecular weight is 316 g/mol. The summed E-state index contributed by atoms with van der Waals surface area (Å²) in [6.07, 6.45) is 0.317. The van der Waals surface area contributed by atoms with Crippen molar-refractivity contribution < 1.29 is 18.8 Å². The number of hydrogen-bond donors (Lipinski definition) is 0. The molecule has 1 saturated heterocycles. The van der Waals surface area contributed by atoms with E-state index in [4.69, 9.17) is 14.0 Å². The first-order valence-corrected chi connectivity index (χ1v) is 7.65. The molecule has 23 heavy (non-hydrogen) atoms. The minimum atomic E-state index is 0.0469. The Labute approximate surface area is 135 Å². The number of amides is 1. The maximum Gasteiger partial charge on any atom is 0.228 e. The van der Waals surface area contributed by atoms with Gasteiger partial charge in [0.25, 0.3) is 0 Å². The second kappa shape index (κ2) is 6.83. The lowest BCUT2D eigenvalue weighted by molar-refractivity contribution is -0.137. The number of carbonyl (C=O) groups is 1. The van der Waals surface area contributed by atoms with Crippen molar-refractivity contribution in [3.8, 4) is 17.1 Å². The summed E-state index contributed by atoms with van der Waals surface area (Å²) < 4.78 is 16.0. The summed E-state index contributed by atoms with van der Waals surface area (Å²) in [4.78, 5) is 14.1. The summed E-state index contributed by atoms with van der Waals surface area (Å²) in [7, 11) is 1.62. The topological polar surface area (TPSA) is 64.8 Å². The number of carbonyl (C=O) groups excluding carboxylic acids is 1. The third kappa shape index (κ3) is 3.71. The van der Waals surface area contributed by atoms with Gasteiger partial charge < -0.3 is 18.9 Å². The summed E-state index contributed by atoms with van der Waals surface area (Å²) >= 11 is 0. The average Bonchev–Trinajstić information content (AvgIpc) is 3.03. The van der Waals surface area contributed by atoms with Crippen molar-refractivity contribution in [2.45, 2.75) is 19.4 Å². The molecular weight excluding hydrogens is 296 g/mol. The van der Waals surface area contributed by atoms with Gasteiger partial charge in [0.1, 0.15) is 5.75 Å². The number of hydrogen-bond acceptors (Lipinski definition) is 5. The summed E-state index contributed by atoms with van der Waals surface area (Å²) in [5.41, 5.74) is 1.50. The molecule has 1 aliphatic heterocycles. The maximum absolute atomic E-state index is 12.3. The normalized spacial score (nSPS) is 18.0. The number of nitrogens with zero attached hydrogens (tertiary/aromatic N) is 2. The van der Waals surface area contributed by atoms with Gasteiger partial charge in [-0.3, -0.25) is 4.79 Å². The van der Waals surface area contributed by atoms with Crippen molar-refractivity contribution in [3.63, 3.8) is 0 Å². The zero-order chi connectivity index (χ0) is 16.2. The fourth-order valence-electron chi connectivity index (χ4n) is 2.62. The molecule has 1 fully saturated rings. The fraction of sp³-hybridized carbons (Fsp3) is 0.412. The molecule has 1 aromatic carbocycles. The van der Waals surface area contributed by atoms with Crippen molar-refractivity contribution >= 4 is 5.91 Å². The molecule has 3 rings (SSSR count). The molecule has 1 amide bonds. The molecule has 2 aromatic rings. The summed E-state index contributed by atoms with van der Waals surface area (Å²) in [6.45, 7) is 3.81. The lowest BCUT2D eigenvalue weighted by Crippen LogP contribution is -2.45.